The lowest BCUT2D eigenvalue weighted by molar-refractivity contribution is -0.120. The molecule has 5 heteroatoms. The second-order valence-electron chi connectivity index (χ2n) is 5.32. The fraction of sp³-hybridized carbons (Fsp3) is 0.400. The van der Waals surface area contributed by atoms with Gasteiger partial charge in [0.25, 0.3) is 5.91 Å². The summed E-state index contributed by atoms with van der Waals surface area (Å²) in [6, 6.07) is 5.35. The van der Waals surface area contributed by atoms with Crippen molar-refractivity contribution >= 4 is 23.8 Å². The summed E-state index contributed by atoms with van der Waals surface area (Å²) in [5.41, 5.74) is 2.18. The number of rotatable bonds is 5. The van der Waals surface area contributed by atoms with Crippen LogP contribution in [0.1, 0.15) is 28.8 Å². The van der Waals surface area contributed by atoms with E-state index in [1.807, 2.05) is 6.07 Å². The van der Waals surface area contributed by atoms with Gasteiger partial charge in [-0.3, -0.25) is 14.4 Å². The first-order valence-electron chi connectivity index (χ1n) is 6.85. The fourth-order valence-electron chi connectivity index (χ4n) is 2.47. The molecule has 5 nitrogen and oxygen atoms in total. The van der Waals surface area contributed by atoms with Crippen molar-refractivity contribution in [3.8, 4) is 0 Å². The molecule has 1 aromatic carbocycles. The lowest BCUT2D eigenvalue weighted by Crippen LogP contribution is -2.33. The van der Waals surface area contributed by atoms with Crippen LogP contribution >= 0.6 is 0 Å². The van der Waals surface area contributed by atoms with E-state index in [4.69, 9.17) is 0 Å². The SMILES string of the molecule is O=CN(CC(=O)C1CC1)c1ccc2c(c1)C(=O)NCC2. The van der Waals surface area contributed by atoms with Crippen molar-refractivity contribution < 1.29 is 14.4 Å². The van der Waals surface area contributed by atoms with Gasteiger partial charge >= 0.3 is 0 Å². The first kappa shape index (κ1) is 12.8. The third kappa shape index (κ3) is 2.43. The lowest BCUT2D eigenvalue weighted by Gasteiger charge is -2.21. The lowest BCUT2D eigenvalue weighted by atomic mass is 9.99. The van der Waals surface area contributed by atoms with Gasteiger partial charge in [-0.15, -0.1) is 0 Å². The first-order chi connectivity index (χ1) is 9.69. The van der Waals surface area contributed by atoms with Crippen molar-refractivity contribution in [3.05, 3.63) is 29.3 Å². The number of carbonyl (C=O) groups is 3. The van der Waals surface area contributed by atoms with E-state index in [1.54, 1.807) is 12.1 Å². The van der Waals surface area contributed by atoms with Crippen molar-refractivity contribution in [2.75, 3.05) is 18.0 Å². The third-order valence-corrected chi connectivity index (χ3v) is 3.84. The van der Waals surface area contributed by atoms with E-state index in [0.717, 1.165) is 24.8 Å². The predicted molar refractivity (Wildman–Crippen MR) is 73.6 cm³/mol. The molecule has 1 saturated carbocycles. The molecule has 0 unspecified atom stereocenters. The second-order valence-corrected chi connectivity index (χ2v) is 5.32. The monoisotopic (exact) mass is 272 g/mol. The summed E-state index contributed by atoms with van der Waals surface area (Å²) in [5.74, 6) is 0.102. The van der Waals surface area contributed by atoms with Crippen molar-refractivity contribution in [1.82, 2.24) is 5.32 Å². The van der Waals surface area contributed by atoms with Gasteiger partial charge in [-0.25, -0.2) is 0 Å². The normalized spacial score (nSPS) is 17.1. The van der Waals surface area contributed by atoms with Crippen LogP contribution in [0.4, 0.5) is 5.69 Å². The molecule has 104 valence electrons. The number of benzene rings is 1. The maximum atomic E-state index is 11.8. The fourth-order valence-corrected chi connectivity index (χ4v) is 2.47. The number of nitrogens with one attached hydrogen (secondary N) is 1. The molecule has 1 aromatic rings. The number of ketones is 1. The Morgan fingerprint density at radius 3 is 2.90 bits per heavy atom. The van der Waals surface area contributed by atoms with Crippen LogP contribution < -0.4 is 10.2 Å². The highest BCUT2D eigenvalue weighted by Crippen LogP contribution is 2.30. The minimum atomic E-state index is -0.118. The topological polar surface area (TPSA) is 66.5 Å². The van der Waals surface area contributed by atoms with E-state index in [9.17, 15) is 14.4 Å². The van der Waals surface area contributed by atoms with Crippen LogP contribution in [-0.4, -0.2) is 31.2 Å². The minimum Gasteiger partial charge on any atom is -0.352 e. The van der Waals surface area contributed by atoms with Crippen LogP contribution in [0.5, 0.6) is 0 Å². The Balaban J connectivity index is 1.84. The molecule has 1 heterocycles. The zero-order chi connectivity index (χ0) is 14.1. The Hall–Kier alpha value is -2.17. The predicted octanol–water partition coefficient (Wildman–Crippen LogP) is 0.914. The van der Waals surface area contributed by atoms with Gasteiger partial charge in [0.15, 0.2) is 5.78 Å². The number of Topliss-reactive ketones (excluding diaryl/α,β-unsaturated/α-hetero) is 1. The molecule has 1 aliphatic heterocycles. The van der Waals surface area contributed by atoms with Crippen LogP contribution in [0.3, 0.4) is 0 Å². The standard InChI is InChI=1S/C15H16N2O3/c18-9-17(8-14(19)11-1-2-11)12-4-3-10-5-6-16-15(20)13(10)7-12/h3-4,7,9,11H,1-2,5-6,8H2,(H,16,20). The van der Waals surface area contributed by atoms with E-state index >= 15 is 0 Å². The van der Waals surface area contributed by atoms with Crippen LogP contribution in [0.15, 0.2) is 18.2 Å². The molecule has 0 bridgehead atoms. The Morgan fingerprint density at radius 2 is 2.20 bits per heavy atom. The van der Waals surface area contributed by atoms with Gasteiger partial charge in [-0.05, 0) is 37.0 Å². The molecule has 2 aliphatic rings. The maximum Gasteiger partial charge on any atom is 0.251 e. The average molecular weight is 272 g/mol. The van der Waals surface area contributed by atoms with E-state index < -0.39 is 0 Å². The molecule has 0 radical (unpaired) electrons. The zero-order valence-electron chi connectivity index (χ0n) is 11.1. The van der Waals surface area contributed by atoms with E-state index in [-0.39, 0.29) is 24.2 Å². The van der Waals surface area contributed by atoms with Crippen molar-refractivity contribution in [1.29, 1.82) is 0 Å². The van der Waals surface area contributed by atoms with Gasteiger partial charge in [-0.2, -0.15) is 0 Å². The molecule has 0 atom stereocenters. The molecule has 1 fully saturated rings. The Bertz CT molecular complexity index is 578. The number of amides is 2. The average Bonchev–Trinajstić information content (AvgIpc) is 3.29. The largest absolute Gasteiger partial charge is 0.352 e. The summed E-state index contributed by atoms with van der Waals surface area (Å²) >= 11 is 0. The van der Waals surface area contributed by atoms with E-state index in [1.165, 1.54) is 4.90 Å². The van der Waals surface area contributed by atoms with E-state index in [0.29, 0.717) is 24.2 Å². The Labute approximate surface area is 116 Å². The van der Waals surface area contributed by atoms with Gasteiger partial charge in [0.05, 0.1) is 6.54 Å². The number of carbonyl (C=O) groups excluding carboxylic acids is 3. The molecule has 0 spiro atoms. The minimum absolute atomic E-state index is 0.0918. The van der Waals surface area contributed by atoms with Crippen molar-refractivity contribution in [2.45, 2.75) is 19.3 Å². The number of fused-ring (bicyclic) bond motifs is 1. The highest BCUT2D eigenvalue weighted by molar-refractivity contribution is 5.99. The molecule has 0 saturated heterocycles. The van der Waals surface area contributed by atoms with Crippen molar-refractivity contribution in [2.24, 2.45) is 5.92 Å². The van der Waals surface area contributed by atoms with Crippen LogP contribution in [-0.2, 0) is 16.0 Å². The summed E-state index contributed by atoms with van der Waals surface area (Å²) in [6.07, 6.45) is 3.31. The molecule has 3 rings (SSSR count). The van der Waals surface area contributed by atoms with E-state index in [2.05, 4.69) is 5.32 Å². The first-order valence-corrected chi connectivity index (χ1v) is 6.85. The van der Waals surface area contributed by atoms with Gasteiger partial charge in [0.1, 0.15) is 0 Å². The molecule has 1 aliphatic carbocycles. The van der Waals surface area contributed by atoms with Crippen molar-refractivity contribution in [3.63, 3.8) is 0 Å². The summed E-state index contributed by atoms with van der Waals surface area (Å²) in [6.45, 7) is 0.733. The smallest absolute Gasteiger partial charge is 0.251 e. The Kier molecular flexibility index (Phi) is 3.26. The molecular weight excluding hydrogens is 256 g/mol. The van der Waals surface area contributed by atoms with Gasteiger partial charge < -0.3 is 10.2 Å². The maximum absolute atomic E-state index is 11.8. The summed E-state index contributed by atoms with van der Waals surface area (Å²) < 4.78 is 0. The number of hydrogen-bond donors (Lipinski definition) is 1. The van der Waals surface area contributed by atoms with Crippen LogP contribution in [0, 0.1) is 5.92 Å². The molecule has 0 aromatic heterocycles. The quantitative estimate of drug-likeness (QED) is 0.810. The molecular formula is C15H16N2O3. The zero-order valence-corrected chi connectivity index (χ0v) is 11.1. The van der Waals surface area contributed by atoms with Crippen LogP contribution in [0.2, 0.25) is 0 Å². The third-order valence-electron chi connectivity index (χ3n) is 3.84. The molecule has 2 amide bonds. The molecule has 20 heavy (non-hydrogen) atoms. The summed E-state index contributed by atoms with van der Waals surface area (Å²) in [4.78, 5) is 36.2. The highest BCUT2D eigenvalue weighted by Gasteiger charge is 2.30. The van der Waals surface area contributed by atoms with Gasteiger partial charge in [-0.1, -0.05) is 6.07 Å². The number of anilines is 1. The number of nitrogens with zero attached hydrogens (tertiary/aromatic N) is 1. The molecule has 1 N–H and O–H groups in total. The second kappa shape index (κ2) is 5.07. The summed E-state index contributed by atoms with van der Waals surface area (Å²) in [7, 11) is 0. The Morgan fingerprint density at radius 1 is 1.40 bits per heavy atom. The van der Waals surface area contributed by atoms with Crippen LogP contribution in [0.25, 0.3) is 0 Å². The highest BCUT2D eigenvalue weighted by atomic mass is 16.2. The van der Waals surface area contributed by atoms with Gasteiger partial charge in [0.2, 0.25) is 6.41 Å². The van der Waals surface area contributed by atoms with Gasteiger partial charge in [0, 0.05) is 23.7 Å². The summed E-state index contributed by atoms with van der Waals surface area (Å²) in [5, 5.41) is 2.78. The number of hydrogen-bond acceptors (Lipinski definition) is 3.